The lowest BCUT2D eigenvalue weighted by molar-refractivity contribution is -0.485. The third-order valence-corrected chi connectivity index (χ3v) is 4.01. The molecule has 2 aliphatic heterocycles. The molecule has 2 aliphatic rings. The molecule has 0 bridgehead atoms. The zero-order valence-electron chi connectivity index (χ0n) is 12.7. The van der Waals surface area contributed by atoms with Gasteiger partial charge in [0.2, 0.25) is 0 Å². The molecule has 2 fully saturated rings. The molecule has 146 valence electrons. The average molecular weight is 372 g/mol. The van der Waals surface area contributed by atoms with Crippen molar-refractivity contribution in [2.45, 2.75) is 54.8 Å². The van der Waals surface area contributed by atoms with Gasteiger partial charge < -0.3 is 50.3 Å². The summed E-state index contributed by atoms with van der Waals surface area (Å²) in [4.78, 5) is 20.3. The van der Waals surface area contributed by atoms with E-state index < -0.39 is 74.0 Å². The van der Waals surface area contributed by atoms with Crippen LogP contribution in [0.1, 0.15) is 0 Å². The van der Waals surface area contributed by atoms with E-state index >= 15 is 0 Å². The minimum absolute atomic E-state index is 0.722. The van der Waals surface area contributed by atoms with Gasteiger partial charge in [-0.05, 0) is 0 Å². The third kappa shape index (κ3) is 3.62. The van der Waals surface area contributed by atoms with E-state index in [0.717, 1.165) is 0 Å². The van der Waals surface area contributed by atoms with Gasteiger partial charge >= 0.3 is 5.97 Å². The van der Waals surface area contributed by atoms with E-state index in [0.29, 0.717) is 0 Å². The Bertz CT molecular complexity index is 474. The molecule has 13 nitrogen and oxygen atoms in total. The van der Waals surface area contributed by atoms with Crippen molar-refractivity contribution in [2.24, 2.45) is 0 Å². The second kappa shape index (κ2) is 7.73. The summed E-state index contributed by atoms with van der Waals surface area (Å²) in [5.41, 5.74) is 0. The number of rotatable bonds is 6. The van der Waals surface area contributed by atoms with Crippen LogP contribution in [-0.2, 0) is 24.0 Å². The minimum Gasteiger partial charge on any atom is -0.479 e. The van der Waals surface area contributed by atoms with Crippen LogP contribution in [0.5, 0.6) is 0 Å². The summed E-state index contributed by atoms with van der Waals surface area (Å²) in [6.07, 6.45) is -14.6. The highest BCUT2D eigenvalue weighted by atomic mass is 17.2. The van der Waals surface area contributed by atoms with Crippen molar-refractivity contribution < 1.29 is 64.9 Å². The number of aliphatic carboxylic acids is 1. The first-order chi connectivity index (χ1) is 11.7. The molecule has 8 N–H and O–H groups in total. The van der Waals surface area contributed by atoms with Crippen LogP contribution in [0.15, 0.2) is 0 Å². The van der Waals surface area contributed by atoms with E-state index in [2.05, 4.69) is 9.62 Å². The number of ether oxygens (including phenoxy) is 2. The standard InChI is InChI=1S/C12H20O13/c13-1-3-4(15)9(18)12(2-14,23-3)25-24-8-6(17)5(16)7(10(19)20)22-11(8)21/h3-9,11,13-18,21H,1-2H2,(H,19,20)/t3-,4-,5+,6+,7+,8-,9+,11+,12+/m1/s1. The molecular weight excluding hydrogens is 352 g/mol. The predicted octanol–water partition coefficient (Wildman–Crippen LogP) is -5.37. The lowest BCUT2D eigenvalue weighted by Gasteiger charge is -2.39. The Morgan fingerprint density at radius 3 is 2.16 bits per heavy atom. The van der Waals surface area contributed by atoms with Gasteiger partial charge in [0.15, 0.2) is 18.5 Å². The van der Waals surface area contributed by atoms with Crippen LogP contribution < -0.4 is 0 Å². The summed E-state index contributed by atoms with van der Waals surface area (Å²) in [6.45, 7) is -1.78. The fourth-order valence-electron chi connectivity index (χ4n) is 2.53. The van der Waals surface area contributed by atoms with E-state index in [1.54, 1.807) is 0 Å². The highest BCUT2D eigenvalue weighted by Gasteiger charge is 2.57. The van der Waals surface area contributed by atoms with Crippen LogP contribution in [-0.4, -0.2) is 115 Å². The fourth-order valence-corrected chi connectivity index (χ4v) is 2.53. The summed E-state index contributed by atoms with van der Waals surface area (Å²) in [5, 5.41) is 76.1. The molecule has 2 heterocycles. The lowest BCUT2D eigenvalue weighted by atomic mass is 9.99. The van der Waals surface area contributed by atoms with Gasteiger partial charge in [0, 0.05) is 0 Å². The molecule has 2 saturated heterocycles. The normalized spacial score (nSPS) is 47.8. The van der Waals surface area contributed by atoms with Crippen LogP contribution in [0.4, 0.5) is 0 Å². The zero-order valence-corrected chi connectivity index (χ0v) is 12.7. The van der Waals surface area contributed by atoms with Crippen molar-refractivity contribution in [1.82, 2.24) is 0 Å². The Balaban J connectivity index is 2.08. The smallest absolute Gasteiger partial charge is 0.335 e. The van der Waals surface area contributed by atoms with Crippen molar-refractivity contribution in [3.05, 3.63) is 0 Å². The van der Waals surface area contributed by atoms with Gasteiger partial charge in [-0.25, -0.2) is 9.68 Å². The number of aliphatic hydroxyl groups excluding tert-OH is 7. The SMILES string of the molecule is O=C(O)[C@H]1O[C@H](O)[C@H](OO[C@]2(CO)O[C@H](CO)[C@@H](O)[C@@H]2O)[C@@H](O)[C@@H]1O. The average Bonchev–Trinajstić information content (AvgIpc) is 2.82. The van der Waals surface area contributed by atoms with Crippen LogP contribution in [0.2, 0.25) is 0 Å². The topological polar surface area (TPSA) is 216 Å². The number of hydrogen-bond donors (Lipinski definition) is 8. The maximum atomic E-state index is 10.9. The predicted molar refractivity (Wildman–Crippen MR) is 70.3 cm³/mol. The summed E-state index contributed by atoms with van der Waals surface area (Å²) < 4.78 is 9.61. The largest absolute Gasteiger partial charge is 0.479 e. The number of carboxylic acid groups (broad SMARTS) is 1. The van der Waals surface area contributed by atoms with Gasteiger partial charge in [0.25, 0.3) is 5.79 Å². The van der Waals surface area contributed by atoms with Gasteiger partial charge in [0.05, 0.1) is 6.61 Å². The van der Waals surface area contributed by atoms with Gasteiger partial charge in [-0.1, -0.05) is 0 Å². The van der Waals surface area contributed by atoms with E-state index in [-0.39, 0.29) is 0 Å². The van der Waals surface area contributed by atoms with E-state index in [1.807, 2.05) is 0 Å². The zero-order chi connectivity index (χ0) is 18.9. The Morgan fingerprint density at radius 1 is 1.04 bits per heavy atom. The Labute approximate surface area is 140 Å². The van der Waals surface area contributed by atoms with Crippen LogP contribution in [0.25, 0.3) is 0 Å². The Morgan fingerprint density at radius 2 is 1.68 bits per heavy atom. The van der Waals surface area contributed by atoms with Gasteiger partial charge in [-0.2, -0.15) is 4.89 Å². The maximum Gasteiger partial charge on any atom is 0.335 e. The monoisotopic (exact) mass is 372 g/mol. The minimum atomic E-state index is -2.36. The molecule has 0 unspecified atom stereocenters. The fraction of sp³-hybridized carbons (Fsp3) is 0.917. The van der Waals surface area contributed by atoms with Crippen molar-refractivity contribution in [1.29, 1.82) is 0 Å². The number of carboxylic acids is 1. The van der Waals surface area contributed by atoms with E-state index in [9.17, 15) is 35.4 Å². The molecule has 0 aliphatic carbocycles. The molecule has 0 aromatic heterocycles. The number of aliphatic hydroxyl groups is 7. The molecule has 9 atom stereocenters. The first kappa shape index (κ1) is 20.3. The molecule has 0 aromatic carbocycles. The molecule has 0 spiro atoms. The molecule has 2 rings (SSSR count). The highest BCUT2D eigenvalue weighted by molar-refractivity contribution is 5.73. The van der Waals surface area contributed by atoms with Crippen LogP contribution in [0.3, 0.4) is 0 Å². The number of carbonyl (C=O) groups is 1. The van der Waals surface area contributed by atoms with E-state index in [4.69, 9.17) is 19.8 Å². The first-order valence-electron chi connectivity index (χ1n) is 7.21. The Hall–Kier alpha value is -0.970. The summed E-state index contributed by atoms with van der Waals surface area (Å²) in [6, 6.07) is 0. The van der Waals surface area contributed by atoms with E-state index in [1.165, 1.54) is 0 Å². The Kier molecular flexibility index (Phi) is 6.29. The summed E-state index contributed by atoms with van der Waals surface area (Å²) in [5.74, 6) is -4.00. The van der Waals surface area contributed by atoms with Gasteiger partial charge in [-0.3, -0.25) is 0 Å². The quantitative estimate of drug-likeness (QED) is 0.161. The van der Waals surface area contributed by atoms with Crippen molar-refractivity contribution in [2.75, 3.05) is 13.2 Å². The second-order valence-corrected chi connectivity index (χ2v) is 5.66. The maximum absolute atomic E-state index is 10.9. The highest BCUT2D eigenvalue weighted by Crippen LogP contribution is 2.34. The molecule has 25 heavy (non-hydrogen) atoms. The van der Waals surface area contributed by atoms with Crippen molar-refractivity contribution >= 4 is 5.97 Å². The summed E-state index contributed by atoms with van der Waals surface area (Å²) >= 11 is 0. The lowest BCUT2D eigenvalue weighted by Crippen LogP contribution is -2.61. The van der Waals surface area contributed by atoms with Crippen molar-refractivity contribution in [3.63, 3.8) is 0 Å². The number of hydrogen-bond acceptors (Lipinski definition) is 12. The van der Waals surface area contributed by atoms with Gasteiger partial charge in [-0.15, -0.1) is 0 Å². The first-order valence-corrected chi connectivity index (χ1v) is 7.21. The third-order valence-electron chi connectivity index (χ3n) is 4.01. The summed E-state index contributed by atoms with van der Waals surface area (Å²) in [7, 11) is 0. The molecular formula is C12H20O13. The van der Waals surface area contributed by atoms with Crippen LogP contribution in [0, 0.1) is 0 Å². The van der Waals surface area contributed by atoms with Gasteiger partial charge in [0.1, 0.15) is 37.1 Å². The molecule has 13 heteroatoms. The molecule has 0 amide bonds. The molecule has 0 radical (unpaired) electrons. The molecule has 0 aromatic rings. The molecule has 0 saturated carbocycles. The van der Waals surface area contributed by atoms with Crippen LogP contribution >= 0.6 is 0 Å². The second-order valence-electron chi connectivity index (χ2n) is 5.66. The van der Waals surface area contributed by atoms with Crippen molar-refractivity contribution in [3.8, 4) is 0 Å².